The minimum Gasteiger partial charge on any atom is -0.344 e. The van der Waals surface area contributed by atoms with Gasteiger partial charge in [-0.3, -0.25) is 9.78 Å². The highest BCUT2D eigenvalue weighted by Gasteiger charge is 2.26. The molecule has 0 spiro atoms. The van der Waals surface area contributed by atoms with E-state index in [1.165, 1.54) is 18.3 Å². The van der Waals surface area contributed by atoms with Crippen LogP contribution in [0.5, 0.6) is 0 Å². The van der Waals surface area contributed by atoms with Gasteiger partial charge < -0.3 is 5.32 Å². The zero-order valence-electron chi connectivity index (χ0n) is 14.3. The molecule has 7 heteroatoms. The normalized spacial score (nSPS) is 16.2. The maximum absolute atomic E-state index is 13.2. The van der Waals surface area contributed by atoms with Crippen molar-refractivity contribution >= 4 is 5.91 Å². The largest absolute Gasteiger partial charge is 0.344 e. The van der Waals surface area contributed by atoms with Gasteiger partial charge in [0.15, 0.2) is 0 Å². The molecule has 1 aliphatic carbocycles. The summed E-state index contributed by atoms with van der Waals surface area (Å²) < 4.78 is 15.0. The fourth-order valence-electron chi connectivity index (χ4n) is 3.25. The molecule has 26 heavy (non-hydrogen) atoms. The van der Waals surface area contributed by atoms with E-state index in [1.807, 2.05) is 11.6 Å². The van der Waals surface area contributed by atoms with Crippen molar-refractivity contribution in [3.8, 4) is 5.69 Å². The third kappa shape index (κ3) is 3.08. The van der Waals surface area contributed by atoms with E-state index >= 15 is 0 Å². The number of carbonyl (C=O) groups is 1. The first-order valence-electron chi connectivity index (χ1n) is 8.54. The topological polar surface area (TPSA) is 72.7 Å². The number of fused-ring (bicyclic) bond motifs is 1. The maximum atomic E-state index is 13.2. The van der Waals surface area contributed by atoms with Crippen LogP contribution in [0.1, 0.15) is 46.3 Å². The quantitative estimate of drug-likeness (QED) is 0.787. The molecule has 0 bridgehead atoms. The molecule has 2 heterocycles. The van der Waals surface area contributed by atoms with E-state index in [4.69, 9.17) is 0 Å². The second-order valence-corrected chi connectivity index (χ2v) is 6.40. The van der Waals surface area contributed by atoms with Crippen LogP contribution in [0.2, 0.25) is 0 Å². The van der Waals surface area contributed by atoms with Gasteiger partial charge in [0.05, 0.1) is 29.8 Å². The third-order valence-corrected chi connectivity index (χ3v) is 4.57. The van der Waals surface area contributed by atoms with E-state index in [0.717, 1.165) is 41.9 Å². The number of nitrogens with zero attached hydrogens (tertiary/aromatic N) is 4. The lowest BCUT2D eigenvalue weighted by Gasteiger charge is -2.24. The Morgan fingerprint density at radius 3 is 2.73 bits per heavy atom. The lowest BCUT2D eigenvalue weighted by molar-refractivity contribution is 0.0927. The number of rotatable bonds is 3. The van der Waals surface area contributed by atoms with Crippen LogP contribution in [0, 0.1) is 12.7 Å². The number of carbonyl (C=O) groups excluding carboxylic acids is 1. The second kappa shape index (κ2) is 6.67. The van der Waals surface area contributed by atoms with Crippen molar-refractivity contribution in [1.29, 1.82) is 0 Å². The molecule has 2 aromatic heterocycles. The van der Waals surface area contributed by atoms with Gasteiger partial charge in [-0.15, -0.1) is 0 Å². The highest BCUT2D eigenvalue weighted by molar-refractivity contribution is 5.92. The number of benzene rings is 1. The molecule has 1 unspecified atom stereocenters. The molecule has 0 saturated carbocycles. The van der Waals surface area contributed by atoms with Crippen molar-refractivity contribution in [3.05, 3.63) is 71.3 Å². The van der Waals surface area contributed by atoms with Gasteiger partial charge in [-0.05, 0) is 50.5 Å². The molecule has 1 amide bonds. The van der Waals surface area contributed by atoms with Crippen LogP contribution in [-0.4, -0.2) is 25.7 Å². The lowest BCUT2D eigenvalue weighted by Crippen LogP contribution is -2.31. The Morgan fingerprint density at radius 1 is 1.19 bits per heavy atom. The van der Waals surface area contributed by atoms with E-state index in [9.17, 15) is 9.18 Å². The highest BCUT2D eigenvalue weighted by atomic mass is 19.1. The molecule has 1 N–H and O–H groups in total. The van der Waals surface area contributed by atoms with E-state index in [-0.39, 0.29) is 17.8 Å². The highest BCUT2D eigenvalue weighted by Crippen LogP contribution is 2.31. The van der Waals surface area contributed by atoms with E-state index in [0.29, 0.717) is 5.69 Å². The first kappa shape index (κ1) is 16.4. The summed E-state index contributed by atoms with van der Waals surface area (Å²) in [5.74, 6) is -0.524. The molecule has 1 aliphatic rings. The van der Waals surface area contributed by atoms with Gasteiger partial charge in [0, 0.05) is 17.5 Å². The van der Waals surface area contributed by atoms with Crippen molar-refractivity contribution in [1.82, 2.24) is 25.1 Å². The van der Waals surface area contributed by atoms with Crippen molar-refractivity contribution in [2.24, 2.45) is 0 Å². The Labute approximate surface area is 150 Å². The van der Waals surface area contributed by atoms with Crippen LogP contribution in [0.3, 0.4) is 0 Å². The predicted octanol–water partition coefficient (Wildman–Crippen LogP) is 2.92. The molecule has 132 valence electrons. The summed E-state index contributed by atoms with van der Waals surface area (Å²) in [5.41, 5.74) is 3.91. The Hall–Kier alpha value is -3.09. The first-order valence-corrected chi connectivity index (χ1v) is 8.54. The lowest BCUT2D eigenvalue weighted by atomic mass is 9.92. The van der Waals surface area contributed by atoms with Crippen LogP contribution in [0.25, 0.3) is 5.69 Å². The summed E-state index contributed by atoms with van der Waals surface area (Å²) in [6.07, 6.45) is 7.48. The van der Waals surface area contributed by atoms with Crippen molar-refractivity contribution < 1.29 is 9.18 Å². The van der Waals surface area contributed by atoms with Crippen molar-refractivity contribution in [2.45, 2.75) is 32.2 Å². The molecule has 1 atom stereocenters. The minimum atomic E-state index is -0.279. The first-order chi connectivity index (χ1) is 12.6. The van der Waals surface area contributed by atoms with Crippen molar-refractivity contribution in [2.75, 3.05) is 0 Å². The molecule has 0 fully saturated rings. The minimum absolute atomic E-state index is 0.122. The number of amides is 1. The average Bonchev–Trinajstić information content (AvgIpc) is 3.08. The smallest absolute Gasteiger partial charge is 0.271 e. The summed E-state index contributed by atoms with van der Waals surface area (Å²) in [7, 11) is 0. The van der Waals surface area contributed by atoms with Gasteiger partial charge in [-0.1, -0.05) is 0 Å². The summed E-state index contributed by atoms with van der Waals surface area (Å²) >= 11 is 0. The van der Waals surface area contributed by atoms with Gasteiger partial charge >= 0.3 is 0 Å². The molecular weight excluding hydrogens is 333 g/mol. The van der Waals surface area contributed by atoms with Crippen LogP contribution >= 0.6 is 0 Å². The maximum Gasteiger partial charge on any atom is 0.271 e. The van der Waals surface area contributed by atoms with Gasteiger partial charge in [0.2, 0.25) is 0 Å². The standard InChI is InChI=1S/C19H18FN5O/c1-12-9-22-17(11-21-12)19(26)24-16-3-2-4-18-15(16)10-23-25(18)14-7-5-13(20)6-8-14/h5-11,16H,2-4H2,1H3,(H,24,26). The Balaban J connectivity index is 1.59. The molecule has 4 rings (SSSR count). The summed E-state index contributed by atoms with van der Waals surface area (Å²) in [6, 6.07) is 6.12. The molecule has 6 nitrogen and oxygen atoms in total. The van der Waals surface area contributed by atoms with E-state index in [2.05, 4.69) is 20.4 Å². The fourth-order valence-corrected chi connectivity index (χ4v) is 3.25. The Kier molecular flexibility index (Phi) is 4.20. The predicted molar refractivity (Wildman–Crippen MR) is 93.4 cm³/mol. The number of hydrogen-bond acceptors (Lipinski definition) is 4. The van der Waals surface area contributed by atoms with Crippen LogP contribution in [0.15, 0.2) is 42.9 Å². The molecule has 0 radical (unpaired) electrons. The van der Waals surface area contributed by atoms with Crippen LogP contribution in [-0.2, 0) is 6.42 Å². The van der Waals surface area contributed by atoms with Crippen LogP contribution in [0.4, 0.5) is 4.39 Å². The number of halogens is 1. The van der Waals surface area contributed by atoms with Crippen LogP contribution < -0.4 is 5.32 Å². The Morgan fingerprint density at radius 2 is 2.00 bits per heavy atom. The number of nitrogens with one attached hydrogen (secondary N) is 1. The third-order valence-electron chi connectivity index (χ3n) is 4.57. The summed E-state index contributed by atoms with van der Waals surface area (Å²) in [4.78, 5) is 20.7. The van der Waals surface area contributed by atoms with E-state index in [1.54, 1.807) is 24.5 Å². The Bertz CT molecular complexity index is 934. The summed E-state index contributed by atoms with van der Waals surface area (Å²) in [6.45, 7) is 1.83. The fraction of sp³-hybridized carbons (Fsp3) is 0.263. The molecule has 0 aliphatic heterocycles. The second-order valence-electron chi connectivity index (χ2n) is 6.40. The molecule has 0 saturated heterocycles. The van der Waals surface area contributed by atoms with Gasteiger partial charge in [0.1, 0.15) is 11.5 Å². The summed E-state index contributed by atoms with van der Waals surface area (Å²) in [5, 5.41) is 7.48. The zero-order valence-corrected chi connectivity index (χ0v) is 14.3. The molecule has 1 aromatic carbocycles. The van der Waals surface area contributed by atoms with E-state index < -0.39 is 0 Å². The van der Waals surface area contributed by atoms with Gasteiger partial charge in [0.25, 0.3) is 5.91 Å². The van der Waals surface area contributed by atoms with Gasteiger partial charge in [-0.2, -0.15) is 5.10 Å². The number of hydrogen-bond donors (Lipinski definition) is 1. The van der Waals surface area contributed by atoms with Crippen molar-refractivity contribution in [3.63, 3.8) is 0 Å². The molecule has 3 aromatic rings. The SMILES string of the molecule is Cc1cnc(C(=O)NC2CCCc3c2cnn3-c2ccc(F)cc2)cn1. The number of aryl methyl sites for hydroxylation is 1. The zero-order chi connectivity index (χ0) is 18.1. The number of aromatic nitrogens is 4. The van der Waals surface area contributed by atoms with Gasteiger partial charge in [-0.25, -0.2) is 14.1 Å². The average molecular weight is 351 g/mol. The monoisotopic (exact) mass is 351 g/mol. The molecular formula is C19H18FN5O.